The first-order valence-electron chi connectivity index (χ1n) is 5.69. The standard InChI is InChI=1S/C12H25NO/c1-9(2)12(14)8-11(5)6-7-13-10(3)4/h9-11,13H,6-8H2,1-5H3. The van der Waals surface area contributed by atoms with Crippen LogP contribution in [0.25, 0.3) is 0 Å². The monoisotopic (exact) mass is 199 g/mol. The number of hydrogen-bond donors (Lipinski definition) is 1. The Bertz CT molecular complexity index is 164. The first kappa shape index (κ1) is 13.6. The molecule has 2 heteroatoms. The molecule has 1 unspecified atom stereocenters. The van der Waals surface area contributed by atoms with Crippen LogP contribution in [-0.2, 0) is 4.79 Å². The highest BCUT2D eigenvalue weighted by Crippen LogP contribution is 2.11. The average molecular weight is 199 g/mol. The topological polar surface area (TPSA) is 29.1 Å². The zero-order chi connectivity index (χ0) is 11.1. The fraction of sp³-hybridized carbons (Fsp3) is 0.917. The van der Waals surface area contributed by atoms with E-state index in [1.165, 1.54) is 0 Å². The largest absolute Gasteiger partial charge is 0.315 e. The van der Waals surface area contributed by atoms with Crippen LogP contribution in [-0.4, -0.2) is 18.4 Å². The molecule has 0 saturated carbocycles. The van der Waals surface area contributed by atoms with Gasteiger partial charge in [-0.25, -0.2) is 0 Å². The molecule has 0 bridgehead atoms. The van der Waals surface area contributed by atoms with Crippen LogP contribution in [0.15, 0.2) is 0 Å². The number of hydrogen-bond acceptors (Lipinski definition) is 2. The Labute approximate surface area is 88.5 Å². The van der Waals surface area contributed by atoms with Crippen LogP contribution in [0.4, 0.5) is 0 Å². The predicted molar refractivity (Wildman–Crippen MR) is 61.4 cm³/mol. The summed E-state index contributed by atoms with van der Waals surface area (Å²) < 4.78 is 0. The molecular formula is C12H25NO. The van der Waals surface area contributed by atoms with Gasteiger partial charge in [0.2, 0.25) is 0 Å². The molecule has 0 aromatic heterocycles. The van der Waals surface area contributed by atoms with Crippen LogP contribution in [0.1, 0.15) is 47.5 Å². The van der Waals surface area contributed by atoms with Gasteiger partial charge in [0.25, 0.3) is 0 Å². The van der Waals surface area contributed by atoms with Crippen molar-refractivity contribution in [2.75, 3.05) is 6.54 Å². The van der Waals surface area contributed by atoms with Gasteiger partial charge in [-0.3, -0.25) is 4.79 Å². The molecule has 1 N–H and O–H groups in total. The second-order valence-electron chi connectivity index (χ2n) is 4.83. The van der Waals surface area contributed by atoms with Gasteiger partial charge in [0.05, 0.1) is 0 Å². The molecule has 0 saturated heterocycles. The van der Waals surface area contributed by atoms with Crippen molar-refractivity contribution in [2.24, 2.45) is 11.8 Å². The Hall–Kier alpha value is -0.370. The van der Waals surface area contributed by atoms with E-state index in [9.17, 15) is 4.79 Å². The summed E-state index contributed by atoms with van der Waals surface area (Å²) >= 11 is 0. The number of nitrogens with one attached hydrogen (secondary N) is 1. The molecule has 0 aliphatic rings. The minimum absolute atomic E-state index is 0.190. The van der Waals surface area contributed by atoms with Crippen molar-refractivity contribution in [3.05, 3.63) is 0 Å². The molecule has 14 heavy (non-hydrogen) atoms. The summed E-state index contributed by atoms with van der Waals surface area (Å²) in [5, 5.41) is 3.37. The fourth-order valence-electron chi connectivity index (χ4n) is 1.30. The third-order valence-corrected chi connectivity index (χ3v) is 2.38. The van der Waals surface area contributed by atoms with E-state index in [1.54, 1.807) is 0 Å². The average Bonchev–Trinajstić information content (AvgIpc) is 2.02. The lowest BCUT2D eigenvalue weighted by molar-refractivity contribution is -0.122. The summed E-state index contributed by atoms with van der Waals surface area (Å²) in [6.45, 7) is 11.4. The summed E-state index contributed by atoms with van der Waals surface area (Å²) in [5.74, 6) is 1.09. The van der Waals surface area contributed by atoms with E-state index in [0.29, 0.717) is 17.7 Å². The smallest absolute Gasteiger partial charge is 0.135 e. The molecule has 0 amide bonds. The number of Topliss-reactive ketones (excluding diaryl/α,β-unsaturated/α-hetero) is 1. The summed E-state index contributed by atoms with van der Waals surface area (Å²) in [7, 11) is 0. The van der Waals surface area contributed by atoms with Crippen molar-refractivity contribution in [1.29, 1.82) is 0 Å². The van der Waals surface area contributed by atoms with Crippen molar-refractivity contribution in [3.8, 4) is 0 Å². The maximum atomic E-state index is 11.4. The highest BCUT2D eigenvalue weighted by molar-refractivity contribution is 5.80. The zero-order valence-corrected chi connectivity index (χ0v) is 10.3. The number of carbonyl (C=O) groups excluding carboxylic acids is 1. The lowest BCUT2D eigenvalue weighted by atomic mass is 9.95. The third kappa shape index (κ3) is 7.07. The fourth-order valence-corrected chi connectivity index (χ4v) is 1.30. The molecule has 0 aromatic carbocycles. The number of carbonyl (C=O) groups is 1. The molecule has 0 aliphatic carbocycles. The molecule has 84 valence electrons. The van der Waals surface area contributed by atoms with Gasteiger partial charge < -0.3 is 5.32 Å². The highest BCUT2D eigenvalue weighted by atomic mass is 16.1. The maximum Gasteiger partial charge on any atom is 0.135 e. The molecule has 0 heterocycles. The van der Waals surface area contributed by atoms with E-state index in [4.69, 9.17) is 0 Å². The molecule has 0 radical (unpaired) electrons. The van der Waals surface area contributed by atoms with Gasteiger partial charge in [0.1, 0.15) is 5.78 Å². The van der Waals surface area contributed by atoms with E-state index in [1.807, 2.05) is 13.8 Å². The molecule has 0 aromatic rings. The second-order valence-corrected chi connectivity index (χ2v) is 4.83. The van der Waals surface area contributed by atoms with E-state index in [-0.39, 0.29) is 5.92 Å². The summed E-state index contributed by atoms with van der Waals surface area (Å²) in [5.41, 5.74) is 0. The summed E-state index contributed by atoms with van der Waals surface area (Å²) in [6, 6.07) is 0.544. The normalized spacial score (nSPS) is 13.6. The van der Waals surface area contributed by atoms with Crippen molar-refractivity contribution >= 4 is 5.78 Å². The van der Waals surface area contributed by atoms with Gasteiger partial charge in [-0.1, -0.05) is 34.6 Å². The maximum absolute atomic E-state index is 11.4. The van der Waals surface area contributed by atoms with Crippen molar-refractivity contribution in [3.63, 3.8) is 0 Å². The van der Waals surface area contributed by atoms with Gasteiger partial charge in [0, 0.05) is 18.4 Å². The zero-order valence-electron chi connectivity index (χ0n) is 10.3. The van der Waals surface area contributed by atoms with Crippen LogP contribution in [0.5, 0.6) is 0 Å². The minimum Gasteiger partial charge on any atom is -0.315 e. The van der Waals surface area contributed by atoms with Crippen molar-refractivity contribution < 1.29 is 4.79 Å². The molecule has 2 nitrogen and oxygen atoms in total. The van der Waals surface area contributed by atoms with Crippen LogP contribution >= 0.6 is 0 Å². The number of rotatable bonds is 7. The quantitative estimate of drug-likeness (QED) is 0.683. The lowest BCUT2D eigenvalue weighted by Gasteiger charge is -2.14. The van der Waals surface area contributed by atoms with Gasteiger partial charge in [0.15, 0.2) is 0 Å². The summed E-state index contributed by atoms with van der Waals surface area (Å²) in [4.78, 5) is 11.4. The van der Waals surface area contributed by atoms with Gasteiger partial charge in [-0.05, 0) is 18.9 Å². The van der Waals surface area contributed by atoms with Crippen molar-refractivity contribution in [1.82, 2.24) is 5.32 Å². The Morgan fingerprint density at radius 3 is 2.14 bits per heavy atom. The van der Waals surface area contributed by atoms with Crippen LogP contribution in [0.3, 0.4) is 0 Å². The molecule has 0 spiro atoms. The van der Waals surface area contributed by atoms with Crippen LogP contribution in [0.2, 0.25) is 0 Å². The van der Waals surface area contributed by atoms with E-state index in [2.05, 4.69) is 26.1 Å². The van der Waals surface area contributed by atoms with Gasteiger partial charge in [-0.2, -0.15) is 0 Å². The van der Waals surface area contributed by atoms with Gasteiger partial charge >= 0.3 is 0 Å². The van der Waals surface area contributed by atoms with E-state index < -0.39 is 0 Å². The first-order chi connectivity index (χ1) is 6.43. The Morgan fingerprint density at radius 1 is 1.14 bits per heavy atom. The first-order valence-corrected chi connectivity index (χ1v) is 5.69. The number of ketones is 1. The molecule has 0 fully saturated rings. The molecule has 0 aliphatic heterocycles. The van der Waals surface area contributed by atoms with Crippen LogP contribution < -0.4 is 5.32 Å². The van der Waals surface area contributed by atoms with E-state index >= 15 is 0 Å². The summed E-state index contributed by atoms with van der Waals surface area (Å²) in [6.07, 6.45) is 1.83. The van der Waals surface area contributed by atoms with Gasteiger partial charge in [-0.15, -0.1) is 0 Å². The van der Waals surface area contributed by atoms with Crippen molar-refractivity contribution in [2.45, 2.75) is 53.5 Å². The SMILES string of the molecule is CC(CCNC(C)C)CC(=O)C(C)C. The minimum atomic E-state index is 0.190. The molecule has 0 rings (SSSR count). The lowest BCUT2D eigenvalue weighted by Crippen LogP contribution is -2.25. The highest BCUT2D eigenvalue weighted by Gasteiger charge is 2.11. The predicted octanol–water partition coefficient (Wildman–Crippen LogP) is 2.63. The molecular weight excluding hydrogens is 174 g/mol. The second kappa shape index (κ2) is 6.99. The Kier molecular flexibility index (Phi) is 6.81. The Balaban J connectivity index is 3.55. The van der Waals surface area contributed by atoms with E-state index in [0.717, 1.165) is 19.4 Å². The molecule has 1 atom stereocenters. The third-order valence-electron chi connectivity index (χ3n) is 2.38. The van der Waals surface area contributed by atoms with Crippen LogP contribution in [0, 0.1) is 11.8 Å². The Morgan fingerprint density at radius 2 is 1.71 bits per heavy atom.